The van der Waals surface area contributed by atoms with Crippen molar-refractivity contribution in [2.24, 2.45) is 5.92 Å². The summed E-state index contributed by atoms with van der Waals surface area (Å²) >= 11 is 11.5. The molecule has 0 amide bonds. The summed E-state index contributed by atoms with van der Waals surface area (Å²) in [5, 5.41) is 8.10. The van der Waals surface area contributed by atoms with E-state index in [0.717, 1.165) is 16.3 Å². The molecule has 0 saturated heterocycles. The Hall–Kier alpha value is -0.800. The molecule has 2 nitrogen and oxygen atoms in total. The minimum Gasteiger partial charge on any atom is -0.359 e. The zero-order valence-electron chi connectivity index (χ0n) is 11.5. The fourth-order valence-electron chi connectivity index (χ4n) is 2.54. The lowest BCUT2D eigenvalue weighted by Crippen LogP contribution is -2.43. The Morgan fingerprint density at radius 3 is 2.74 bits per heavy atom. The molecular formula is C15H21ClN2S. The first-order chi connectivity index (χ1) is 9.06. The van der Waals surface area contributed by atoms with Crippen LogP contribution in [-0.2, 0) is 0 Å². The number of hydrogen-bond acceptors (Lipinski definition) is 1. The number of thiocarbonyl (C=S) groups is 1. The van der Waals surface area contributed by atoms with Gasteiger partial charge in [-0.1, -0.05) is 37.4 Å². The van der Waals surface area contributed by atoms with E-state index in [1.165, 1.54) is 25.7 Å². The highest BCUT2D eigenvalue weighted by atomic mass is 35.5. The van der Waals surface area contributed by atoms with E-state index < -0.39 is 0 Å². The second-order valence-electron chi connectivity index (χ2n) is 5.43. The largest absolute Gasteiger partial charge is 0.359 e. The average Bonchev–Trinajstić information content (AvgIpc) is 2.37. The van der Waals surface area contributed by atoms with Crippen LogP contribution in [0.3, 0.4) is 0 Å². The summed E-state index contributed by atoms with van der Waals surface area (Å²) in [6.45, 7) is 4.29. The number of anilines is 1. The molecule has 104 valence electrons. The van der Waals surface area contributed by atoms with Gasteiger partial charge in [0.25, 0.3) is 0 Å². The molecule has 1 aromatic rings. The molecule has 1 aromatic carbocycles. The van der Waals surface area contributed by atoms with Crippen molar-refractivity contribution in [3.05, 3.63) is 28.8 Å². The van der Waals surface area contributed by atoms with E-state index in [9.17, 15) is 0 Å². The van der Waals surface area contributed by atoms with Crippen molar-refractivity contribution >= 4 is 34.6 Å². The maximum atomic E-state index is 6.11. The number of hydrogen-bond donors (Lipinski definition) is 2. The van der Waals surface area contributed by atoms with E-state index in [1.54, 1.807) is 0 Å². The standard InChI is InChI=1S/C15H21ClN2S/c1-10-7-8-12(9-13(10)16)17-15(19)18-14-6-4-3-5-11(14)2/h7-9,11,14H,3-6H2,1-2H3,(H2,17,18,19). The van der Waals surface area contributed by atoms with Crippen LogP contribution in [0.4, 0.5) is 5.69 Å². The molecule has 1 aliphatic rings. The number of benzene rings is 1. The minimum absolute atomic E-state index is 0.495. The van der Waals surface area contributed by atoms with Crippen molar-refractivity contribution in [1.29, 1.82) is 0 Å². The van der Waals surface area contributed by atoms with Crippen molar-refractivity contribution in [1.82, 2.24) is 5.32 Å². The van der Waals surface area contributed by atoms with Crippen LogP contribution >= 0.6 is 23.8 Å². The maximum Gasteiger partial charge on any atom is 0.171 e. The monoisotopic (exact) mass is 296 g/mol. The Bertz CT molecular complexity index is 461. The Morgan fingerprint density at radius 1 is 1.32 bits per heavy atom. The Morgan fingerprint density at radius 2 is 2.05 bits per heavy atom. The lowest BCUT2D eigenvalue weighted by atomic mass is 9.86. The van der Waals surface area contributed by atoms with Gasteiger partial charge in [-0.05, 0) is 55.6 Å². The van der Waals surface area contributed by atoms with Crippen molar-refractivity contribution in [3.63, 3.8) is 0 Å². The molecule has 2 unspecified atom stereocenters. The molecule has 2 N–H and O–H groups in total. The number of halogens is 1. The topological polar surface area (TPSA) is 24.1 Å². The van der Waals surface area contributed by atoms with Crippen LogP contribution in [0, 0.1) is 12.8 Å². The van der Waals surface area contributed by atoms with Gasteiger partial charge in [0.15, 0.2) is 5.11 Å². The maximum absolute atomic E-state index is 6.11. The van der Waals surface area contributed by atoms with E-state index in [4.69, 9.17) is 23.8 Å². The van der Waals surface area contributed by atoms with Crippen LogP contribution in [-0.4, -0.2) is 11.2 Å². The molecule has 1 saturated carbocycles. The average molecular weight is 297 g/mol. The van der Waals surface area contributed by atoms with Crippen LogP contribution in [0.25, 0.3) is 0 Å². The lowest BCUT2D eigenvalue weighted by molar-refractivity contribution is 0.309. The molecule has 1 fully saturated rings. The summed E-state index contributed by atoms with van der Waals surface area (Å²) in [4.78, 5) is 0. The molecule has 0 bridgehead atoms. The van der Waals surface area contributed by atoms with E-state index in [-0.39, 0.29) is 0 Å². The zero-order valence-corrected chi connectivity index (χ0v) is 13.1. The fraction of sp³-hybridized carbons (Fsp3) is 0.533. The predicted octanol–water partition coefficient (Wildman–Crippen LogP) is 4.51. The van der Waals surface area contributed by atoms with Gasteiger partial charge in [0.2, 0.25) is 0 Å². The highest BCUT2D eigenvalue weighted by Crippen LogP contribution is 2.24. The van der Waals surface area contributed by atoms with E-state index in [0.29, 0.717) is 17.1 Å². The predicted molar refractivity (Wildman–Crippen MR) is 87.0 cm³/mol. The van der Waals surface area contributed by atoms with Gasteiger partial charge in [0.1, 0.15) is 0 Å². The molecule has 0 aromatic heterocycles. The van der Waals surface area contributed by atoms with E-state index >= 15 is 0 Å². The van der Waals surface area contributed by atoms with Crippen molar-refractivity contribution in [2.75, 3.05) is 5.32 Å². The number of rotatable bonds is 2. The van der Waals surface area contributed by atoms with Crippen molar-refractivity contribution in [3.8, 4) is 0 Å². The van der Waals surface area contributed by atoms with E-state index in [1.807, 2.05) is 25.1 Å². The molecule has 4 heteroatoms. The van der Waals surface area contributed by atoms with Crippen molar-refractivity contribution < 1.29 is 0 Å². The quantitative estimate of drug-likeness (QED) is 0.785. The first-order valence-electron chi connectivity index (χ1n) is 6.90. The first-order valence-corrected chi connectivity index (χ1v) is 7.68. The highest BCUT2D eigenvalue weighted by molar-refractivity contribution is 7.80. The molecule has 0 heterocycles. The van der Waals surface area contributed by atoms with Gasteiger partial charge in [0, 0.05) is 16.8 Å². The minimum atomic E-state index is 0.495. The Kier molecular flexibility index (Phi) is 5.06. The number of nitrogens with one attached hydrogen (secondary N) is 2. The summed E-state index contributed by atoms with van der Waals surface area (Å²) in [6, 6.07) is 6.40. The van der Waals surface area contributed by atoms with Crippen LogP contribution in [0.1, 0.15) is 38.2 Å². The van der Waals surface area contributed by atoms with Crippen molar-refractivity contribution in [2.45, 2.75) is 45.6 Å². The second-order valence-corrected chi connectivity index (χ2v) is 6.25. The molecule has 1 aliphatic carbocycles. The highest BCUT2D eigenvalue weighted by Gasteiger charge is 2.21. The summed E-state index contributed by atoms with van der Waals surface area (Å²) in [6.07, 6.45) is 5.13. The summed E-state index contributed by atoms with van der Waals surface area (Å²) < 4.78 is 0. The van der Waals surface area contributed by atoms with Gasteiger partial charge in [-0.2, -0.15) is 0 Å². The normalized spacial score (nSPS) is 22.9. The smallest absolute Gasteiger partial charge is 0.171 e. The van der Waals surface area contributed by atoms with Gasteiger partial charge < -0.3 is 10.6 Å². The third-order valence-corrected chi connectivity index (χ3v) is 4.48. The molecule has 19 heavy (non-hydrogen) atoms. The van der Waals surface area contributed by atoms with E-state index in [2.05, 4.69) is 17.6 Å². The molecule has 2 rings (SSSR count). The molecule has 2 atom stereocenters. The third-order valence-electron chi connectivity index (χ3n) is 3.86. The van der Waals surface area contributed by atoms with Crippen LogP contribution in [0.2, 0.25) is 5.02 Å². The van der Waals surface area contributed by atoms with Gasteiger partial charge in [-0.3, -0.25) is 0 Å². The molecule has 0 radical (unpaired) electrons. The number of aryl methyl sites for hydroxylation is 1. The lowest BCUT2D eigenvalue weighted by Gasteiger charge is -2.30. The molecule has 0 spiro atoms. The van der Waals surface area contributed by atoms with Gasteiger partial charge in [0.05, 0.1) is 0 Å². The first kappa shape index (κ1) is 14.6. The summed E-state index contributed by atoms with van der Waals surface area (Å²) in [5.41, 5.74) is 2.02. The Labute approximate surface area is 125 Å². The van der Waals surface area contributed by atoms with Crippen LogP contribution in [0.15, 0.2) is 18.2 Å². The van der Waals surface area contributed by atoms with Gasteiger partial charge in [-0.15, -0.1) is 0 Å². The van der Waals surface area contributed by atoms with Crippen LogP contribution < -0.4 is 10.6 Å². The molecular weight excluding hydrogens is 276 g/mol. The third kappa shape index (κ3) is 4.08. The van der Waals surface area contributed by atoms with Gasteiger partial charge in [-0.25, -0.2) is 0 Å². The van der Waals surface area contributed by atoms with Crippen LogP contribution in [0.5, 0.6) is 0 Å². The summed E-state index contributed by atoms with van der Waals surface area (Å²) in [7, 11) is 0. The van der Waals surface area contributed by atoms with Gasteiger partial charge >= 0.3 is 0 Å². The fourth-order valence-corrected chi connectivity index (χ4v) is 2.99. The molecule has 0 aliphatic heterocycles. The Balaban J connectivity index is 1.91. The zero-order chi connectivity index (χ0) is 13.8. The summed E-state index contributed by atoms with van der Waals surface area (Å²) in [5.74, 6) is 0.690. The second kappa shape index (κ2) is 6.58. The SMILES string of the molecule is Cc1ccc(NC(=S)NC2CCCCC2C)cc1Cl.